The highest BCUT2D eigenvalue weighted by molar-refractivity contribution is 5.62. The lowest BCUT2D eigenvalue weighted by Crippen LogP contribution is -2.34. The number of rotatable bonds is 6. The molecule has 0 spiro atoms. The summed E-state index contributed by atoms with van der Waals surface area (Å²) in [6.45, 7) is 4.54. The molecule has 2 N–H and O–H groups in total. The first-order chi connectivity index (χ1) is 13.3. The van der Waals surface area contributed by atoms with Gasteiger partial charge < -0.3 is 10.4 Å². The lowest BCUT2D eigenvalue weighted by molar-refractivity contribution is 0.331. The molecule has 0 radical (unpaired) electrons. The van der Waals surface area contributed by atoms with E-state index in [4.69, 9.17) is 0 Å². The maximum absolute atomic E-state index is 10.2. The van der Waals surface area contributed by atoms with E-state index >= 15 is 0 Å². The molecule has 3 heterocycles. The van der Waals surface area contributed by atoms with Crippen LogP contribution in [0.1, 0.15) is 49.7 Å². The topological polar surface area (TPSA) is 48.4 Å². The van der Waals surface area contributed by atoms with E-state index in [1.54, 1.807) is 0 Å². The second kappa shape index (κ2) is 8.85. The average molecular weight is 366 g/mol. The van der Waals surface area contributed by atoms with Crippen LogP contribution in [-0.4, -0.2) is 40.7 Å². The Balaban J connectivity index is 1.42. The standard InChI is InChI=1S/C23H31N3O/c27-22-14-18(6-8-21-5-1-2-10-24-21)13-20(15-22)23-9-7-19(16-25-23)17-26-11-3-4-12-26/h7,9,13-16,21,24,27H,1-6,8,10-12,17H2. The number of nitrogens with one attached hydrogen (secondary N) is 1. The van der Waals surface area contributed by atoms with Crippen LogP contribution in [0.3, 0.4) is 0 Å². The molecular weight excluding hydrogens is 334 g/mol. The molecule has 2 aliphatic rings. The molecule has 1 atom stereocenters. The first-order valence-electron chi connectivity index (χ1n) is 10.5. The molecule has 0 saturated carbocycles. The maximum atomic E-state index is 10.2. The van der Waals surface area contributed by atoms with Crippen molar-refractivity contribution >= 4 is 0 Å². The van der Waals surface area contributed by atoms with E-state index in [1.165, 1.54) is 56.3 Å². The van der Waals surface area contributed by atoms with E-state index in [0.29, 0.717) is 11.8 Å². The van der Waals surface area contributed by atoms with Gasteiger partial charge in [0.1, 0.15) is 5.75 Å². The van der Waals surface area contributed by atoms with Crippen molar-refractivity contribution in [1.82, 2.24) is 15.2 Å². The predicted molar refractivity (Wildman–Crippen MR) is 110 cm³/mol. The summed E-state index contributed by atoms with van der Waals surface area (Å²) in [5.74, 6) is 0.335. The number of aryl methyl sites for hydroxylation is 1. The molecule has 2 aliphatic heterocycles. The van der Waals surface area contributed by atoms with Crippen molar-refractivity contribution in [2.75, 3.05) is 19.6 Å². The number of likely N-dealkylation sites (tertiary alicyclic amines) is 1. The smallest absolute Gasteiger partial charge is 0.116 e. The van der Waals surface area contributed by atoms with Crippen LogP contribution in [0.2, 0.25) is 0 Å². The number of phenols is 1. The molecule has 1 unspecified atom stereocenters. The van der Waals surface area contributed by atoms with Crippen LogP contribution in [0.5, 0.6) is 5.75 Å². The van der Waals surface area contributed by atoms with E-state index in [1.807, 2.05) is 18.3 Å². The third-order valence-electron chi connectivity index (χ3n) is 5.90. The Bertz CT molecular complexity index is 732. The van der Waals surface area contributed by atoms with Gasteiger partial charge in [0.05, 0.1) is 5.69 Å². The fourth-order valence-corrected chi connectivity index (χ4v) is 4.37. The zero-order valence-corrected chi connectivity index (χ0v) is 16.2. The quantitative estimate of drug-likeness (QED) is 0.808. The minimum Gasteiger partial charge on any atom is -0.508 e. The normalized spacial score (nSPS) is 20.8. The van der Waals surface area contributed by atoms with E-state index in [-0.39, 0.29) is 0 Å². The molecule has 2 fully saturated rings. The third kappa shape index (κ3) is 5.08. The van der Waals surface area contributed by atoms with E-state index in [0.717, 1.165) is 37.2 Å². The van der Waals surface area contributed by atoms with Crippen molar-refractivity contribution in [2.24, 2.45) is 0 Å². The second-order valence-corrected chi connectivity index (χ2v) is 8.11. The molecule has 27 heavy (non-hydrogen) atoms. The molecular formula is C23H31N3O. The van der Waals surface area contributed by atoms with Crippen LogP contribution in [0.25, 0.3) is 11.3 Å². The molecule has 0 amide bonds. The minimum absolute atomic E-state index is 0.335. The molecule has 4 nitrogen and oxygen atoms in total. The largest absolute Gasteiger partial charge is 0.508 e. The lowest BCUT2D eigenvalue weighted by Gasteiger charge is -2.23. The van der Waals surface area contributed by atoms with Crippen molar-refractivity contribution in [3.8, 4) is 17.0 Å². The third-order valence-corrected chi connectivity index (χ3v) is 5.90. The molecule has 144 valence electrons. The van der Waals surface area contributed by atoms with Crippen LogP contribution < -0.4 is 5.32 Å². The lowest BCUT2D eigenvalue weighted by atomic mass is 9.96. The van der Waals surface area contributed by atoms with Crippen molar-refractivity contribution in [1.29, 1.82) is 0 Å². The van der Waals surface area contributed by atoms with Crippen molar-refractivity contribution < 1.29 is 5.11 Å². The SMILES string of the molecule is Oc1cc(CCC2CCCCN2)cc(-c2ccc(CN3CCCC3)cn2)c1. The summed E-state index contributed by atoms with van der Waals surface area (Å²) in [5, 5.41) is 13.8. The van der Waals surface area contributed by atoms with E-state index in [9.17, 15) is 5.11 Å². The number of aromatic nitrogens is 1. The molecule has 1 aromatic heterocycles. The first-order valence-corrected chi connectivity index (χ1v) is 10.5. The molecule has 1 aromatic carbocycles. The van der Waals surface area contributed by atoms with Gasteiger partial charge in [0.2, 0.25) is 0 Å². The molecule has 2 saturated heterocycles. The van der Waals surface area contributed by atoms with Gasteiger partial charge in [-0.15, -0.1) is 0 Å². The Kier molecular flexibility index (Phi) is 6.05. The number of hydrogen-bond donors (Lipinski definition) is 2. The highest BCUT2D eigenvalue weighted by atomic mass is 16.3. The van der Waals surface area contributed by atoms with Gasteiger partial charge in [-0.3, -0.25) is 9.88 Å². The van der Waals surface area contributed by atoms with Crippen molar-refractivity contribution in [3.05, 3.63) is 47.7 Å². The monoisotopic (exact) mass is 365 g/mol. The Morgan fingerprint density at radius 3 is 2.67 bits per heavy atom. The second-order valence-electron chi connectivity index (χ2n) is 8.11. The highest BCUT2D eigenvalue weighted by Crippen LogP contribution is 2.26. The molecule has 2 aromatic rings. The Morgan fingerprint density at radius 1 is 1.04 bits per heavy atom. The number of hydrogen-bond acceptors (Lipinski definition) is 4. The molecule has 0 bridgehead atoms. The molecule has 4 heteroatoms. The van der Waals surface area contributed by atoms with Crippen LogP contribution in [0, 0.1) is 0 Å². The summed E-state index contributed by atoms with van der Waals surface area (Å²) in [5.41, 5.74) is 4.41. The van der Waals surface area contributed by atoms with Gasteiger partial charge in [-0.1, -0.05) is 12.5 Å². The average Bonchev–Trinajstić information content (AvgIpc) is 3.20. The number of nitrogens with zero attached hydrogens (tertiary/aromatic N) is 2. The summed E-state index contributed by atoms with van der Waals surface area (Å²) in [7, 11) is 0. The summed E-state index contributed by atoms with van der Waals surface area (Å²) < 4.78 is 0. The number of benzene rings is 1. The summed E-state index contributed by atoms with van der Waals surface area (Å²) in [4.78, 5) is 7.16. The molecule has 4 rings (SSSR count). The van der Waals surface area contributed by atoms with Crippen LogP contribution >= 0.6 is 0 Å². The zero-order chi connectivity index (χ0) is 18.5. The van der Waals surface area contributed by atoms with Crippen LogP contribution in [0.4, 0.5) is 0 Å². The fourth-order valence-electron chi connectivity index (χ4n) is 4.37. The van der Waals surface area contributed by atoms with Crippen molar-refractivity contribution in [2.45, 2.75) is 57.5 Å². The minimum atomic E-state index is 0.335. The Morgan fingerprint density at radius 2 is 1.93 bits per heavy atom. The van der Waals surface area contributed by atoms with Gasteiger partial charge in [0.15, 0.2) is 0 Å². The first kappa shape index (κ1) is 18.5. The summed E-state index contributed by atoms with van der Waals surface area (Å²) in [6, 6.07) is 10.8. The number of pyridine rings is 1. The van der Waals surface area contributed by atoms with E-state index in [2.05, 4.69) is 33.4 Å². The maximum Gasteiger partial charge on any atom is 0.116 e. The van der Waals surface area contributed by atoms with Crippen molar-refractivity contribution in [3.63, 3.8) is 0 Å². The fraction of sp³-hybridized carbons (Fsp3) is 0.522. The highest BCUT2D eigenvalue weighted by Gasteiger charge is 2.14. The summed E-state index contributed by atoms with van der Waals surface area (Å²) in [6.07, 6.45) is 10.6. The zero-order valence-electron chi connectivity index (χ0n) is 16.2. The Hall–Kier alpha value is -1.91. The van der Waals surface area contributed by atoms with Crippen LogP contribution in [-0.2, 0) is 13.0 Å². The number of phenolic OH excluding ortho intramolecular Hbond substituents is 1. The summed E-state index contributed by atoms with van der Waals surface area (Å²) >= 11 is 0. The van der Waals surface area contributed by atoms with Gasteiger partial charge in [-0.25, -0.2) is 0 Å². The Labute approximate surface area is 162 Å². The van der Waals surface area contributed by atoms with Gasteiger partial charge in [0, 0.05) is 24.3 Å². The molecule has 0 aliphatic carbocycles. The number of aromatic hydroxyl groups is 1. The van der Waals surface area contributed by atoms with E-state index < -0.39 is 0 Å². The van der Waals surface area contributed by atoms with Gasteiger partial charge in [0.25, 0.3) is 0 Å². The van der Waals surface area contributed by atoms with Gasteiger partial charge >= 0.3 is 0 Å². The predicted octanol–water partition coefficient (Wildman–Crippen LogP) is 4.12. The number of piperidine rings is 1. The van der Waals surface area contributed by atoms with Gasteiger partial charge in [-0.05, 0) is 93.6 Å². The van der Waals surface area contributed by atoms with Gasteiger partial charge in [-0.2, -0.15) is 0 Å². The van der Waals surface area contributed by atoms with Crippen LogP contribution in [0.15, 0.2) is 36.5 Å².